The maximum atomic E-state index is 13.1. The molecule has 14 heteroatoms. The minimum absolute atomic E-state index is 0.123. The molecule has 3 rings (SSSR count). The number of morpholine rings is 1. The molecule has 0 amide bonds. The number of sulfonamides is 1. The Balaban J connectivity index is 1.89. The van der Waals surface area contributed by atoms with Gasteiger partial charge in [0.15, 0.2) is 4.34 Å². The fraction of sp³-hybridized carbons (Fsp3) is 0.467. The second kappa shape index (κ2) is 9.77. The highest BCUT2D eigenvalue weighted by Gasteiger charge is 2.31. The van der Waals surface area contributed by atoms with Crippen LogP contribution in [0.3, 0.4) is 0 Å². The van der Waals surface area contributed by atoms with Gasteiger partial charge in [0.25, 0.3) is 5.69 Å². The van der Waals surface area contributed by atoms with Crippen LogP contribution in [0.25, 0.3) is 0 Å². The van der Waals surface area contributed by atoms with Crippen LogP contribution in [0, 0.1) is 10.1 Å². The van der Waals surface area contributed by atoms with Gasteiger partial charge < -0.3 is 14.8 Å². The molecule has 0 bridgehead atoms. The number of benzene rings is 1. The molecule has 1 saturated heterocycles. The first-order chi connectivity index (χ1) is 13.9. The van der Waals surface area contributed by atoms with Gasteiger partial charge >= 0.3 is 0 Å². The highest BCUT2D eigenvalue weighted by atomic mass is 32.2. The van der Waals surface area contributed by atoms with E-state index in [2.05, 4.69) is 15.5 Å². The van der Waals surface area contributed by atoms with Crippen LogP contribution < -0.4 is 5.32 Å². The summed E-state index contributed by atoms with van der Waals surface area (Å²) in [6.45, 7) is 2.02. The molecular formula is C15H19N5O6S3. The molecule has 1 aromatic heterocycles. The second-order valence-corrected chi connectivity index (χ2v) is 9.97. The average Bonchev–Trinajstić information content (AvgIpc) is 3.16. The zero-order valence-electron chi connectivity index (χ0n) is 15.4. The molecule has 0 saturated carbocycles. The zero-order valence-corrected chi connectivity index (χ0v) is 17.9. The maximum Gasteiger partial charge on any atom is 0.270 e. The van der Waals surface area contributed by atoms with E-state index < -0.39 is 14.9 Å². The fourth-order valence-electron chi connectivity index (χ4n) is 2.50. The number of nitrogens with zero attached hydrogens (tertiary/aromatic N) is 4. The predicted octanol–water partition coefficient (Wildman–Crippen LogP) is 1.68. The quantitative estimate of drug-likeness (QED) is 0.333. The third kappa shape index (κ3) is 5.40. The molecule has 0 unspecified atom stereocenters. The van der Waals surface area contributed by atoms with E-state index in [9.17, 15) is 18.5 Å². The van der Waals surface area contributed by atoms with Gasteiger partial charge in [-0.2, -0.15) is 4.31 Å². The molecule has 0 spiro atoms. The Morgan fingerprint density at radius 3 is 2.83 bits per heavy atom. The van der Waals surface area contributed by atoms with Crippen molar-refractivity contribution in [2.75, 3.05) is 51.9 Å². The zero-order chi connectivity index (χ0) is 20.9. The Morgan fingerprint density at radius 1 is 1.38 bits per heavy atom. The van der Waals surface area contributed by atoms with Crippen LogP contribution in [0.15, 0.2) is 32.3 Å². The fourth-order valence-corrected chi connectivity index (χ4v) is 6.18. The predicted molar refractivity (Wildman–Crippen MR) is 107 cm³/mol. The topological polar surface area (TPSA) is 137 Å². The Bertz CT molecular complexity index is 961. The number of aromatic nitrogens is 2. The normalized spacial score (nSPS) is 15.3. The summed E-state index contributed by atoms with van der Waals surface area (Å²) < 4.78 is 38.2. The molecule has 158 valence electrons. The largest absolute Gasteiger partial charge is 0.383 e. The minimum Gasteiger partial charge on any atom is -0.383 e. The summed E-state index contributed by atoms with van der Waals surface area (Å²) in [7, 11) is -2.34. The molecular weight excluding hydrogens is 442 g/mol. The molecule has 0 aliphatic carbocycles. The Morgan fingerprint density at radius 2 is 2.14 bits per heavy atom. The van der Waals surface area contributed by atoms with Crippen LogP contribution in [0.4, 0.5) is 10.8 Å². The van der Waals surface area contributed by atoms with Crippen molar-refractivity contribution in [2.24, 2.45) is 0 Å². The van der Waals surface area contributed by atoms with E-state index in [0.29, 0.717) is 27.5 Å². The van der Waals surface area contributed by atoms with Gasteiger partial charge in [0.2, 0.25) is 15.2 Å². The Kier molecular flexibility index (Phi) is 7.37. The Hall–Kier alpha value is -1.84. The molecule has 0 atom stereocenters. The second-order valence-electron chi connectivity index (χ2n) is 5.80. The van der Waals surface area contributed by atoms with Crippen LogP contribution in [-0.2, 0) is 19.5 Å². The molecule has 11 nitrogen and oxygen atoms in total. The number of nitro benzene ring substituents is 1. The van der Waals surface area contributed by atoms with E-state index >= 15 is 0 Å². The number of anilines is 1. The highest BCUT2D eigenvalue weighted by Crippen LogP contribution is 2.38. The van der Waals surface area contributed by atoms with Crippen molar-refractivity contribution < 1.29 is 22.8 Å². The number of non-ortho nitro benzene ring substituents is 1. The summed E-state index contributed by atoms with van der Waals surface area (Å²) in [4.78, 5) is 10.8. The average molecular weight is 462 g/mol. The molecule has 2 heterocycles. The summed E-state index contributed by atoms with van der Waals surface area (Å²) in [5.74, 6) is 0. The number of nitrogens with one attached hydrogen (secondary N) is 1. The lowest BCUT2D eigenvalue weighted by Crippen LogP contribution is -2.40. The van der Waals surface area contributed by atoms with E-state index in [0.717, 1.165) is 17.8 Å². The van der Waals surface area contributed by atoms with Crippen LogP contribution in [0.5, 0.6) is 0 Å². The van der Waals surface area contributed by atoms with Crippen molar-refractivity contribution in [3.63, 3.8) is 0 Å². The van der Waals surface area contributed by atoms with Gasteiger partial charge in [0.1, 0.15) is 4.90 Å². The van der Waals surface area contributed by atoms with Crippen LogP contribution >= 0.6 is 23.1 Å². The molecule has 1 aliphatic heterocycles. The number of rotatable bonds is 9. The number of hydrogen-bond acceptors (Lipinski definition) is 11. The number of ether oxygens (including phenoxy) is 2. The van der Waals surface area contributed by atoms with Gasteiger partial charge in [0, 0.05) is 43.8 Å². The first-order valence-electron chi connectivity index (χ1n) is 8.52. The first kappa shape index (κ1) is 21.9. The summed E-state index contributed by atoms with van der Waals surface area (Å²) in [5, 5.41) is 22.9. The molecule has 0 radical (unpaired) electrons. The van der Waals surface area contributed by atoms with Crippen molar-refractivity contribution in [2.45, 2.75) is 14.1 Å². The smallest absolute Gasteiger partial charge is 0.270 e. The van der Waals surface area contributed by atoms with Gasteiger partial charge in [-0.15, -0.1) is 10.2 Å². The van der Waals surface area contributed by atoms with Gasteiger partial charge in [-0.3, -0.25) is 10.1 Å². The third-order valence-electron chi connectivity index (χ3n) is 3.91. The number of methoxy groups -OCH3 is 1. The number of nitro groups is 1. The van der Waals surface area contributed by atoms with Crippen LogP contribution in [0.2, 0.25) is 0 Å². The van der Waals surface area contributed by atoms with E-state index in [-0.39, 0.29) is 36.9 Å². The molecule has 1 N–H and O–H groups in total. The van der Waals surface area contributed by atoms with E-state index in [1.54, 1.807) is 7.11 Å². The first-order valence-corrected chi connectivity index (χ1v) is 11.6. The molecule has 1 fully saturated rings. The van der Waals surface area contributed by atoms with Crippen molar-refractivity contribution in [1.82, 2.24) is 14.5 Å². The minimum atomic E-state index is -3.93. The molecule has 29 heavy (non-hydrogen) atoms. The van der Waals surface area contributed by atoms with Gasteiger partial charge in [0.05, 0.1) is 24.7 Å². The van der Waals surface area contributed by atoms with Crippen LogP contribution in [0.1, 0.15) is 0 Å². The lowest BCUT2D eigenvalue weighted by Gasteiger charge is -2.26. The Labute approximate surface area is 175 Å². The number of hydrogen-bond donors (Lipinski definition) is 1. The van der Waals surface area contributed by atoms with Crippen LogP contribution in [-0.4, -0.2) is 74.4 Å². The third-order valence-corrected chi connectivity index (χ3v) is 7.99. The highest BCUT2D eigenvalue weighted by molar-refractivity contribution is 8.01. The van der Waals surface area contributed by atoms with E-state index in [1.165, 1.54) is 27.8 Å². The van der Waals surface area contributed by atoms with Gasteiger partial charge in [-0.1, -0.05) is 23.1 Å². The summed E-state index contributed by atoms with van der Waals surface area (Å²) in [6, 6.07) is 3.79. The monoisotopic (exact) mass is 461 g/mol. The van der Waals surface area contributed by atoms with Gasteiger partial charge in [-0.25, -0.2) is 8.42 Å². The standard InChI is InChI=1S/C15H19N5O6S3/c1-25-7-4-16-14-17-18-15(28-14)27-12-3-2-11(20(21)22)10-13(12)29(23,24)19-5-8-26-9-6-19/h2-3,10H,4-9H2,1H3,(H,16,17). The lowest BCUT2D eigenvalue weighted by molar-refractivity contribution is -0.385. The van der Waals surface area contributed by atoms with E-state index in [4.69, 9.17) is 9.47 Å². The van der Waals surface area contributed by atoms with Crippen molar-refractivity contribution >= 4 is 43.9 Å². The summed E-state index contributed by atoms with van der Waals surface area (Å²) >= 11 is 2.35. The van der Waals surface area contributed by atoms with Crippen molar-refractivity contribution in [3.8, 4) is 0 Å². The van der Waals surface area contributed by atoms with Crippen molar-refractivity contribution in [1.29, 1.82) is 0 Å². The van der Waals surface area contributed by atoms with Crippen molar-refractivity contribution in [3.05, 3.63) is 28.3 Å². The summed E-state index contributed by atoms with van der Waals surface area (Å²) in [6.07, 6.45) is 0. The maximum absolute atomic E-state index is 13.1. The molecule has 1 aromatic carbocycles. The lowest BCUT2D eigenvalue weighted by atomic mass is 10.3. The van der Waals surface area contributed by atoms with Gasteiger partial charge in [-0.05, 0) is 6.07 Å². The van der Waals surface area contributed by atoms with E-state index in [1.807, 2.05) is 0 Å². The SMILES string of the molecule is COCCNc1nnc(Sc2ccc([N+](=O)[O-])cc2S(=O)(=O)N2CCOCC2)s1. The summed E-state index contributed by atoms with van der Waals surface area (Å²) in [5.41, 5.74) is -0.291. The molecule has 1 aliphatic rings. The molecule has 2 aromatic rings.